The third-order valence-electron chi connectivity index (χ3n) is 3.84. The van der Waals surface area contributed by atoms with Gasteiger partial charge in [0.2, 0.25) is 11.7 Å². The number of aryl methyl sites for hydroxylation is 1. The van der Waals surface area contributed by atoms with Crippen LogP contribution >= 0.6 is 11.3 Å². The van der Waals surface area contributed by atoms with Crippen molar-refractivity contribution < 1.29 is 23.5 Å². The van der Waals surface area contributed by atoms with E-state index in [1.165, 1.54) is 11.3 Å². The molecule has 1 fully saturated rings. The van der Waals surface area contributed by atoms with Gasteiger partial charge in [0, 0.05) is 17.8 Å². The van der Waals surface area contributed by atoms with Gasteiger partial charge in [-0.05, 0) is 31.2 Å². The fourth-order valence-corrected chi connectivity index (χ4v) is 3.38. The Labute approximate surface area is 143 Å². The van der Waals surface area contributed by atoms with Crippen LogP contribution in [0.15, 0.2) is 34.9 Å². The summed E-state index contributed by atoms with van der Waals surface area (Å²) in [6, 6.07) is 7.10. The molecule has 3 rings (SSSR count). The Morgan fingerprint density at radius 1 is 1.38 bits per heavy atom. The van der Waals surface area contributed by atoms with Crippen LogP contribution in [0.4, 0.5) is 0 Å². The molecule has 6 nitrogen and oxygen atoms in total. The number of esters is 1. The van der Waals surface area contributed by atoms with Crippen molar-refractivity contribution in [1.29, 1.82) is 0 Å². The molecule has 0 aromatic carbocycles. The first kappa shape index (κ1) is 16.4. The van der Waals surface area contributed by atoms with Crippen LogP contribution in [0.5, 0.6) is 0 Å². The summed E-state index contributed by atoms with van der Waals surface area (Å²) in [6.45, 7) is 2.24. The molecule has 1 atom stereocenters. The van der Waals surface area contributed by atoms with E-state index in [-0.39, 0.29) is 31.3 Å². The highest BCUT2D eigenvalue weighted by Gasteiger charge is 2.35. The lowest BCUT2D eigenvalue weighted by molar-refractivity contribution is -0.147. The Morgan fingerprint density at radius 2 is 2.21 bits per heavy atom. The molecule has 0 aliphatic carbocycles. The number of hydrogen-bond donors (Lipinski definition) is 0. The van der Waals surface area contributed by atoms with Crippen molar-refractivity contribution in [3.05, 3.63) is 46.0 Å². The largest absolute Gasteiger partial charge is 0.467 e. The average molecular weight is 347 g/mol. The molecule has 0 bridgehead atoms. The van der Waals surface area contributed by atoms with Gasteiger partial charge in [-0.3, -0.25) is 14.4 Å². The van der Waals surface area contributed by atoms with Crippen LogP contribution in [0.2, 0.25) is 0 Å². The van der Waals surface area contributed by atoms with Gasteiger partial charge in [0.25, 0.3) is 0 Å². The van der Waals surface area contributed by atoms with Gasteiger partial charge in [-0.1, -0.05) is 0 Å². The van der Waals surface area contributed by atoms with E-state index >= 15 is 0 Å². The van der Waals surface area contributed by atoms with Gasteiger partial charge in [0.1, 0.15) is 5.76 Å². The van der Waals surface area contributed by atoms with E-state index in [9.17, 15) is 14.4 Å². The monoisotopic (exact) mass is 347 g/mol. The summed E-state index contributed by atoms with van der Waals surface area (Å²) in [5, 5.41) is 0. The SMILES string of the molecule is Cc1ccc(C(=O)COC(=O)[C@H]2CC(=O)N(Cc3ccco3)C2)s1. The van der Waals surface area contributed by atoms with Crippen molar-refractivity contribution in [3.8, 4) is 0 Å². The Hall–Kier alpha value is -2.41. The summed E-state index contributed by atoms with van der Waals surface area (Å²) < 4.78 is 10.3. The molecule has 2 aromatic rings. The number of likely N-dealkylation sites (tertiary alicyclic amines) is 1. The molecule has 24 heavy (non-hydrogen) atoms. The normalized spacial score (nSPS) is 17.3. The Kier molecular flexibility index (Phi) is 4.80. The minimum Gasteiger partial charge on any atom is -0.467 e. The highest BCUT2D eigenvalue weighted by atomic mass is 32.1. The summed E-state index contributed by atoms with van der Waals surface area (Å²) in [4.78, 5) is 39.2. The number of furan rings is 1. The van der Waals surface area contributed by atoms with E-state index in [0.29, 0.717) is 17.2 Å². The molecule has 0 N–H and O–H groups in total. The van der Waals surface area contributed by atoms with Gasteiger partial charge in [-0.2, -0.15) is 0 Å². The van der Waals surface area contributed by atoms with Crippen molar-refractivity contribution in [2.24, 2.45) is 5.92 Å². The topological polar surface area (TPSA) is 76.8 Å². The highest BCUT2D eigenvalue weighted by molar-refractivity contribution is 7.14. The van der Waals surface area contributed by atoms with Crippen LogP contribution < -0.4 is 0 Å². The van der Waals surface area contributed by atoms with E-state index in [2.05, 4.69) is 0 Å². The predicted molar refractivity (Wildman–Crippen MR) is 86.6 cm³/mol. The molecule has 126 valence electrons. The summed E-state index contributed by atoms with van der Waals surface area (Å²) in [6.07, 6.45) is 1.64. The molecule has 1 aliphatic heterocycles. The molecular formula is C17H17NO5S. The average Bonchev–Trinajstić information content (AvgIpc) is 3.28. The first-order valence-electron chi connectivity index (χ1n) is 7.59. The zero-order chi connectivity index (χ0) is 17.1. The number of thiophene rings is 1. The van der Waals surface area contributed by atoms with Gasteiger partial charge >= 0.3 is 5.97 Å². The summed E-state index contributed by atoms with van der Waals surface area (Å²) in [7, 11) is 0. The Bertz CT molecular complexity index is 749. The van der Waals surface area contributed by atoms with Gasteiger partial charge < -0.3 is 14.1 Å². The maximum atomic E-state index is 12.1. The number of ketones is 1. The predicted octanol–water partition coefficient (Wildman–Crippen LogP) is 2.42. The summed E-state index contributed by atoms with van der Waals surface area (Å²) >= 11 is 1.37. The van der Waals surface area contributed by atoms with Gasteiger partial charge in [0.05, 0.1) is 23.6 Å². The van der Waals surface area contributed by atoms with E-state index in [1.807, 2.05) is 13.0 Å². The van der Waals surface area contributed by atoms with Gasteiger partial charge in [-0.25, -0.2) is 0 Å². The van der Waals surface area contributed by atoms with E-state index in [0.717, 1.165) is 4.88 Å². The smallest absolute Gasteiger partial charge is 0.311 e. The molecule has 0 radical (unpaired) electrons. The van der Waals surface area contributed by atoms with Crippen LogP contribution in [-0.4, -0.2) is 35.7 Å². The molecule has 3 heterocycles. The zero-order valence-corrected chi connectivity index (χ0v) is 14.0. The second kappa shape index (κ2) is 7.00. The van der Waals surface area contributed by atoms with Crippen molar-refractivity contribution >= 4 is 29.0 Å². The highest BCUT2D eigenvalue weighted by Crippen LogP contribution is 2.22. The minimum atomic E-state index is -0.537. The van der Waals surface area contributed by atoms with Crippen molar-refractivity contribution in [3.63, 3.8) is 0 Å². The lowest BCUT2D eigenvalue weighted by atomic mass is 10.1. The quantitative estimate of drug-likeness (QED) is 0.592. The Balaban J connectivity index is 1.50. The molecule has 2 aromatic heterocycles. The van der Waals surface area contributed by atoms with Crippen LogP contribution in [0.3, 0.4) is 0 Å². The van der Waals surface area contributed by atoms with Crippen LogP contribution in [-0.2, 0) is 20.9 Å². The zero-order valence-electron chi connectivity index (χ0n) is 13.2. The molecule has 0 spiro atoms. The van der Waals surface area contributed by atoms with Crippen molar-refractivity contribution in [2.45, 2.75) is 19.9 Å². The lowest BCUT2D eigenvalue weighted by Gasteiger charge is -2.14. The number of ether oxygens (including phenoxy) is 1. The molecule has 1 saturated heterocycles. The number of carbonyl (C=O) groups excluding carboxylic acids is 3. The maximum Gasteiger partial charge on any atom is 0.311 e. The molecular weight excluding hydrogens is 330 g/mol. The number of carbonyl (C=O) groups is 3. The van der Waals surface area contributed by atoms with Crippen LogP contribution in [0.1, 0.15) is 26.7 Å². The fourth-order valence-electron chi connectivity index (χ4n) is 2.58. The van der Waals surface area contributed by atoms with E-state index < -0.39 is 11.9 Å². The molecule has 1 amide bonds. The Morgan fingerprint density at radius 3 is 2.88 bits per heavy atom. The second-order valence-electron chi connectivity index (χ2n) is 5.70. The number of amides is 1. The first-order valence-corrected chi connectivity index (χ1v) is 8.41. The molecule has 7 heteroatoms. The first-order chi connectivity index (χ1) is 11.5. The third kappa shape index (κ3) is 3.73. The van der Waals surface area contributed by atoms with Crippen LogP contribution in [0.25, 0.3) is 0 Å². The summed E-state index contributed by atoms with van der Waals surface area (Å²) in [5.41, 5.74) is 0. The van der Waals surface area contributed by atoms with Crippen LogP contribution in [0, 0.1) is 12.8 Å². The summed E-state index contributed by atoms with van der Waals surface area (Å²) in [5.74, 6) is -0.718. The number of nitrogens with zero attached hydrogens (tertiary/aromatic N) is 1. The molecule has 0 saturated carbocycles. The maximum absolute atomic E-state index is 12.1. The van der Waals surface area contributed by atoms with Crippen molar-refractivity contribution in [1.82, 2.24) is 4.90 Å². The fraction of sp³-hybridized carbons (Fsp3) is 0.353. The standard InChI is InChI=1S/C17H17NO5S/c1-11-4-5-15(24-11)14(19)10-23-17(21)12-7-16(20)18(8-12)9-13-3-2-6-22-13/h2-6,12H,7-10H2,1H3/t12-/m0/s1. The minimum absolute atomic E-state index is 0.103. The number of Topliss-reactive ketones (excluding diaryl/α,β-unsaturated/α-hetero) is 1. The van der Waals surface area contributed by atoms with E-state index in [4.69, 9.17) is 9.15 Å². The van der Waals surface area contributed by atoms with E-state index in [1.54, 1.807) is 29.4 Å². The van der Waals surface area contributed by atoms with Crippen molar-refractivity contribution in [2.75, 3.05) is 13.2 Å². The number of rotatable bonds is 6. The molecule has 0 unspecified atom stereocenters. The number of hydrogen-bond acceptors (Lipinski definition) is 6. The lowest BCUT2D eigenvalue weighted by Crippen LogP contribution is -2.26. The van der Waals surface area contributed by atoms with Gasteiger partial charge in [0.15, 0.2) is 6.61 Å². The molecule has 1 aliphatic rings. The third-order valence-corrected chi connectivity index (χ3v) is 4.88. The van der Waals surface area contributed by atoms with Gasteiger partial charge in [-0.15, -0.1) is 11.3 Å². The second-order valence-corrected chi connectivity index (χ2v) is 6.98.